The van der Waals surface area contributed by atoms with Gasteiger partial charge in [-0.1, -0.05) is 43.3 Å². The maximum absolute atomic E-state index is 13.0. The molecule has 148 valence electrons. The summed E-state index contributed by atoms with van der Waals surface area (Å²) in [6, 6.07) is 19.4. The fraction of sp³-hybridized carbons (Fsp3) is 0.250. The van der Waals surface area contributed by atoms with Crippen LogP contribution in [0, 0.1) is 0 Å². The SMILES string of the molecule is CCc1ccc(NC(=O)c2cc3ccccc3cc2OCC(=O)NC2CC2)cc1. The molecule has 0 radical (unpaired) electrons. The number of carbonyl (C=O) groups excluding carboxylic acids is 2. The number of benzene rings is 3. The van der Waals surface area contributed by atoms with E-state index in [1.807, 2.05) is 54.6 Å². The molecule has 1 saturated carbocycles. The molecule has 2 amide bonds. The lowest BCUT2D eigenvalue weighted by Crippen LogP contribution is -2.30. The zero-order valence-electron chi connectivity index (χ0n) is 16.4. The van der Waals surface area contributed by atoms with Gasteiger partial charge < -0.3 is 15.4 Å². The largest absolute Gasteiger partial charge is 0.483 e. The van der Waals surface area contributed by atoms with Gasteiger partial charge >= 0.3 is 0 Å². The van der Waals surface area contributed by atoms with Crippen molar-refractivity contribution in [3.63, 3.8) is 0 Å². The van der Waals surface area contributed by atoms with E-state index in [0.29, 0.717) is 11.3 Å². The summed E-state index contributed by atoms with van der Waals surface area (Å²) in [5.41, 5.74) is 2.33. The van der Waals surface area contributed by atoms with Crippen LogP contribution in [-0.2, 0) is 11.2 Å². The minimum absolute atomic E-state index is 0.111. The smallest absolute Gasteiger partial charge is 0.259 e. The Hall–Kier alpha value is -3.34. The molecule has 0 aromatic heterocycles. The van der Waals surface area contributed by atoms with Gasteiger partial charge in [-0.05, 0) is 59.9 Å². The summed E-state index contributed by atoms with van der Waals surface area (Å²) in [6.45, 7) is 1.98. The Morgan fingerprint density at radius 3 is 2.34 bits per heavy atom. The van der Waals surface area contributed by atoms with Crippen molar-refractivity contribution in [2.75, 3.05) is 11.9 Å². The van der Waals surface area contributed by atoms with Crippen LogP contribution in [0.15, 0.2) is 60.7 Å². The van der Waals surface area contributed by atoms with Crippen LogP contribution in [0.25, 0.3) is 10.8 Å². The van der Waals surface area contributed by atoms with E-state index < -0.39 is 0 Å². The normalized spacial score (nSPS) is 13.1. The van der Waals surface area contributed by atoms with E-state index in [1.54, 1.807) is 6.07 Å². The van der Waals surface area contributed by atoms with E-state index >= 15 is 0 Å². The summed E-state index contributed by atoms with van der Waals surface area (Å²) >= 11 is 0. The third-order valence-electron chi connectivity index (χ3n) is 5.01. The standard InChI is InChI=1S/C24H24N2O3/c1-2-16-7-9-20(10-8-16)26-24(28)21-13-17-5-3-4-6-18(17)14-22(21)29-15-23(27)25-19-11-12-19/h3-10,13-14,19H,2,11-12,15H2,1H3,(H,25,27)(H,26,28). The summed E-state index contributed by atoms with van der Waals surface area (Å²) in [5.74, 6) is -0.0305. The monoisotopic (exact) mass is 388 g/mol. The first-order chi connectivity index (χ1) is 14.1. The van der Waals surface area contributed by atoms with Gasteiger partial charge in [0.05, 0.1) is 5.56 Å². The van der Waals surface area contributed by atoms with Crippen LogP contribution in [0.2, 0.25) is 0 Å². The van der Waals surface area contributed by atoms with Crippen LogP contribution >= 0.6 is 0 Å². The number of fused-ring (bicyclic) bond motifs is 1. The quantitative estimate of drug-likeness (QED) is 0.634. The molecule has 5 heteroatoms. The Morgan fingerprint density at radius 1 is 1.00 bits per heavy atom. The zero-order chi connectivity index (χ0) is 20.2. The van der Waals surface area contributed by atoms with Crippen molar-refractivity contribution in [1.82, 2.24) is 5.32 Å². The molecule has 0 aliphatic heterocycles. The molecule has 3 aromatic rings. The summed E-state index contributed by atoms with van der Waals surface area (Å²) in [6.07, 6.45) is 2.98. The Morgan fingerprint density at radius 2 is 1.69 bits per heavy atom. The highest BCUT2D eigenvalue weighted by Crippen LogP contribution is 2.27. The summed E-state index contributed by atoms with van der Waals surface area (Å²) in [4.78, 5) is 25.0. The number of anilines is 1. The van der Waals surface area contributed by atoms with E-state index in [-0.39, 0.29) is 24.5 Å². The second-order valence-electron chi connectivity index (χ2n) is 7.33. The minimum Gasteiger partial charge on any atom is -0.483 e. The highest BCUT2D eigenvalue weighted by atomic mass is 16.5. The van der Waals surface area contributed by atoms with Crippen molar-refractivity contribution >= 4 is 28.3 Å². The van der Waals surface area contributed by atoms with Crippen LogP contribution in [0.1, 0.15) is 35.7 Å². The number of rotatable bonds is 7. The molecule has 5 nitrogen and oxygen atoms in total. The van der Waals surface area contributed by atoms with Crippen LogP contribution < -0.4 is 15.4 Å². The number of amides is 2. The van der Waals surface area contributed by atoms with Gasteiger partial charge in [-0.2, -0.15) is 0 Å². The van der Waals surface area contributed by atoms with Crippen molar-refractivity contribution in [1.29, 1.82) is 0 Å². The topological polar surface area (TPSA) is 67.4 Å². The van der Waals surface area contributed by atoms with Crippen LogP contribution in [0.3, 0.4) is 0 Å². The average molecular weight is 388 g/mol. The number of hydrogen-bond acceptors (Lipinski definition) is 3. The van der Waals surface area contributed by atoms with Gasteiger partial charge in [0.2, 0.25) is 0 Å². The van der Waals surface area contributed by atoms with Gasteiger partial charge in [-0.3, -0.25) is 9.59 Å². The Bertz CT molecular complexity index is 1040. The molecule has 0 heterocycles. The van der Waals surface area contributed by atoms with Crippen LogP contribution in [-0.4, -0.2) is 24.5 Å². The number of hydrogen-bond donors (Lipinski definition) is 2. The number of nitrogens with one attached hydrogen (secondary N) is 2. The fourth-order valence-corrected chi connectivity index (χ4v) is 3.18. The first kappa shape index (κ1) is 19.0. The van der Waals surface area contributed by atoms with Gasteiger partial charge in [0.25, 0.3) is 11.8 Å². The lowest BCUT2D eigenvalue weighted by Gasteiger charge is -2.14. The second-order valence-corrected chi connectivity index (χ2v) is 7.33. The van der Waals surface area contributed by atoms with Crippen molar-refractivity contribution < 1.29 is 14.3 Å². The second kappa shape index (κ2) is 8.35. The first-order valence-electron chi connectivity index (χ1n) is 9.97. The molecule has 0 bridgehead atoms. The molecule has 29 heavy (non-hydrogen) atoms. The summed E-state index contributed by atoms with van der Waals surface area (Å²) in [7, 11) is 0. The number of ether oxygens (including phenoxy) is 1. The van der Waals surface area contributed by atoms with Gasteiger partial charge in [-0.25, -0.2) is 0 Å². The van der Waals surface area contributed by atoms with Crippen molar-refractivity contribution in [2.45, 2.75) is 32.2 Å². The molecule has 0 unspecified atom stereocenters. The molecule has 2 N–H and O–H groups in total. The first-order valence-corrected chi connectivity index (χ1v) is 9.97. The highest BCUT2D eigenvalue weighted by Gasteiger charge is 2.23. The maximum atomic E-state index is 13.0. The molecule has 4 rings (SSSR count). The lowest BCUT2D eigenvalue weighted by molar-refractivity contribution is -0.123. The summed E-state index contributed by atoms with van der Waals surface area (Å²) in [5, 5.41) is 7.71. The molecule has 1 fully saturated rings. The van der Waals surface area contributed by atoms with E-state index in [2.05, 4.69) is 17.6 Å². The number of carbonyl (C=O) groups is 2. The molecular formula is C24H24N2O3. The third kappa shape index (κ3) is 4.74. The van der Waals surface area contributed by atoms with E-state index in [1.165, 1.54) is 5.56 Å². The fourth-order valence-electron chi connectivity index (χ4n) is 3.18. The zero-order valence-corrected chi connectivity index (χ0v) is 16.4. The van der Waals surface area contributed by atoms with Gasteiger partial charge in [0, 0.05) is 11.7 Å². The molecular weight excluding hydrogens is 364 g/mol. The van der Waals surface area contributed by atoms with Gasteiger partial charge in [0.1, 0.15) is 5.75 Å². The highest BCUT2D eigenvalue weighted by molar-refractivity contribution is 6.08. The molecule has 0 spiro atoms. The van der Waals surface area contributed by atoms with E-state index in [0.717, 1.165) is 35.7 Å². The van der Waals surface area contributed by atoms with Crippen molar-refractivity contribution in [3.8, 4) is 5.75 Å². The molecule has 1 aliphatic rings. The van der Waals surface area contributed by atoms with Crippen molar-refractivity contribution in [2.24, 2.45) is 0 Å². The molecule has 0 saturated heterocycles. The lowest BCUT2D eigenvalue weighted by atomic mass is 10.0. The van der Waals surface area contributed by atoms with Gasteiger partial charge in [0.15, 0.2) is 6.61 Å². The molecule has 1 aliphatic carbocycles. The van der Waals surface area contributed by atoms with E-state index in [4.69, 9.17) is 4.74 Å². The van der Waals surface area contributed by atoms with Crippen LogP contribution in [0.5, 0.6) is 5.75 Å². The maximum Gasteiger partial charge on any atom is 0.259 e. The van der Waals surface area contributed by atoms with Crippen molar-refractivity contribution in [3.05, 3.63) is 71.8 Å². The van der Waals surface area contributed by atoms with Crippen LogP contribution in [0.4, 0.5) is 5.69 Å². The Labute approximate surface area is 170 Å². The summed E-state index contributed by atoms with van der Waals surface area (Å²) < 4.78 is 5.76. The Balaban J connectivity index is 1.57. The average Bonchev–Trinajstić information content (AvgIpc) is 3.56. The van der Waals surface area contributed by atoms with E-state index in [9.17, 15) is 9.59 Å². The van der Waals surface area contributed by atoms with Gasteiger partial charge in [-0.15, -0.1) is 0 Å². The third-order valence-corrected chi connectivity index (χ3v) is 5.01. The molecule has 0 atom stereocenters. The number of aryl methyl sites for hydroxylation is 1. The predicted molar refractivity (Wildman–Crippen MR) is 114 cm³/mol. The predicted octanol–water partition coefficient (Wildman–Crippen LogP) is 4.31. The minimum atomic E-state index is -0.266. The molecule has 3 aromatic carbocycles. The Kier molecular flexibility index (Phi) is 5.47.